The number of fused-ring (bicyclic) bond motifs is 1. The molecule has 2 aromatic heterocycles. The molecular formula is C20H22N2O3. The first kappa shape index (κ1) is 17.1. The summed E-state index contributed by atoms with van der Waals surface area (Å²) in [6.07, 6.45) is 0. The predicted octanol–water partition coefficient (Wildman–Crippen LogP) is 4.21. The van der Waals surface area contributed by atoms with Gasteiger partial charge in [-0.25, -0.2) is 4.79 Å². The van der Waals surface area contributed by atoms with Crippen LogP contribution in [0.4, 0.5) is 0 Å². The van der Waals surface area contributed by atoms with Gasteiger partial charge in [-0.1, -0.05) is 13.8 Å². The Hall–Kier alpha value is -2.69. The number of hydrogen-bond donors (Lipinski definition) is 0. The molecule has 0 aliphatic heterocycles. The number of aromatic nitrogens is 2. The van der Waals surface area contributed by atoms with Gasteiger partial charge >= 0.3 is 5.63 Å². The molecule has 0 atom stereocenters. The summed E-state index contributed by atoms with van der Waals surface area (Å²) in [7, 11) is 0. The Labute approximate surface area is 146 Å². The normalized spacial score (nSPS) is 11.3. The van der Waals surface area contributed by atoms with E-state index in [4.69, 9.17) is 9.15 Å². The molecule has 1 aromatic carbocycles. The molecule has 25 heavy (non-hydrogen) atoms. The largest absolute Gasteiger partial charge is 0.472 e. The van der Waals surface area contributed by atoms with Gasteiger partial charge in [0.05, 0.1) is 5.69 Å². The molecule has 130 valence electrons. The van der Waals surface area contributed by atoms with E-state index in [0.29, 0.717) is 17.4 Å². The van der Waals surface area contributed by atoms with Crippen LogP contribution in [0.25, 0.3) is 11.0 Å². The monoisotopic (exact) mass is 338 g/mol. The first-order valence-corrected chi connectivity index (χ1v) is 8.36. The van der Waals surface area contributed by atoms with E-state index in [2.05, 4.69) is 30.1 Å². The van der Waals surface area contributed by atoms with E-state index in [0.717, 1.165) is 27.8 Å². The molecule has 5 nitrogen and oxygen atoms in total. The minimum Gasteiger partial charge on any atom is -0.472 e. The van der Waals surface area contributed by atoms with Crippen molar-refractivity contribution >= 4 is 11.0 Å². The van der Waals surface area contributed by atoms with Gasteiger partial charge in [-0.15, -0.1) is 5.10 Å². The Morgan fingerprint density at radius 2 is 1.80 bits per heavy atom. The van der Waals surface area contributed by atoms with Gasteiger partial charge in [0.1, 0.15) is 12.2 Å². The Morgan fingerprint density at radius 1 is 1.04 bits per heavy atom. The summed E-state index contributed by atoms with van der Waals surface area (Å²) < 4.78 is 11.1. The van der Waals surface area contributed by atoms with Crippen molar-refractivity contribution in [1.82, 2.24) is 10.2 Å². The van der Waals surface area contributed by atoms with E-state index >= 15 is 0 Å². The number of benzene rings is 1. The highest BCUT2D eigenvalue weighted by atomic mass is 16.5. The average molecular weight is 338 g/mol. The quantitative estimate of drug-likeness (QED) is 0.667. The van der Waals surface area contributed by atoms with Gasteiger partial charge < -0.3 is 9.15 Å². The Morgan fingerprint density at radius 3 is 2.48 bits per heavy atom. The smallest absolute Gasteiger partial charge is 0.336 e. The summed E-state index contributed by atoms with van der Waals surface area (Å²) in [6, 6.07) is 7.34. The summed E-state index contributed by atoms with van der Waals surface area (Å²) in [6.45, 7) is 10.4. The topological polar surface area (TPSA) is 65.2 Å². The molecule has 0 aliphatic rings. The van der Waals surface area contributed by atoms with Crippen molar-refractivity contribution in [2.45, 2.75) is 47.1 Å². The fraction of sp³-hybridized carbons (Fsp3) is 0.350. The molecule has 2 heterocycles. The van der Waals surface area contributed by atoms with Gasteiger partial charge in [0.15, 0.2) is 0 Å². The first-order valence-electron chi connectivity index (χ1n) is 8.36. The van der Waals surface area contributed by atoms with Crippen LogP contribution in [-0.4, -0.2) is 10.2 Å². The molecule has 5 heteroatoms. The lowest BCUT2D eigenvalue weighted by Gasteiger charge is -2.13. The van der Waals surface area contributed by atoms with Crippen LogP contribution in [-0.2, 0) is 6.61 Å². The number of rotatable bonds is 4. The third-order valence-corrected chi connectivity index (χ3v) is 4.42. The van der Waals surface area contributed by atoms with Crippen LogP contribution in [0.15, 0.2) is 33.5 Å². The number of ether oxygens (including phenoxy) is 1. The van der Waals surface area contributed by atoms with Crippen molar-refractivity contribution in [1.29, 1.82) is 0 Å². The molecule has 3 rings (SSSR count). The first-order chi connectivity index (χ1) is 11.8. The lowest BCUT2D eigenvalue weighted by Crippen LogP contribution is -2.06. The number of nitrogens with zero attached hydrogens (tertiary/aromatic N) is 2. The van der Waals surface area contributed by atoms with Gasteiger partial charge in [0.2, 0.25) is 5.88 Å². The second-order valence-corrected chi connectivity index (χ2v) is 6.69. The van der Waals surface area contributed by atoms with E-state index in [-0.39, 0.29) is 12.2 Å². The zero-order valence-electron chi connectivity index (χ0n) is 15.2. The van der Waals surface area contributed by atoms with Crippen LogP contribution in [0.3, 0.4) is 0 Å². The summed E-state index contributed by atoms with van der Waals surface area (Å²) >= 11 is 0. The molecule has 0 saturated heterocycles. The summed E-state index contributed by atoms with van der Waals surface area (Å²) in [5, 5.41) is 9.00. The highest BCUT2D eigenvalue weighted by Gasteiger charge is 2.12. The average Bonchev–Trinajstić information content (AvgIpc) is 2.54. The fourth-order valence-corrected chi connectivity index (χ4v) is 2.88. The third kappa shape index (κ3) is 3.55. The Bertz CT molecular complexity index is 990. The van der Waals surface area contributed by atoms with Crippen molar-refractivity contribution in [3.8, 4) is 5.88 Å². The maximum atomic E-state index is 11.9. The lowest BCUT2D eigenvalue weighted by molar-refractivity contribution is 0.290. The standard InChI is InChI=1S/C20H22N2O3/c1-11(2)16-9-17-15(8-20(23)25-18(17)6-13(16)4)10-24-19-7-12(3)14(5)21-22-19/h6-9,11H,10H2,1-5H3. The maximum absolute atomic E-state index is 11.9. The number of aryl methyl sites for hydroxylation is 3. The molecule has 0 bridgehead atoms. The van der Waals surface area contributed by atoms with E-state index in [9.17, 15) is 4.79 Å². The van der Waals surface area contributed by atoms with Gasteiger partial charge in [-0.2, -0.15) is 5.10 Å². The van der Waals surface area contributed by atoms with Crippen molar-refractivity contribution in [3.05, 3.63) is 62.6 Å². The molecular weight excluding hydrogens is 316 g/mol. The van der Waals surface area contributed by atoms with Crippen molar-refractivity contribution in [2.75, 3.05) is 0 Å². The maximum Gasteiger partial charge on any atom is 0.336 e. The minimum absolute atomic E-state index is 0.236. The highest BCUT2D eigenvalue weighted by Crippen LogP contribution is 2.27. The minimum atomic E-state index is -0.381. The van der Waals surface area contributed by atoms with Crippen LogP contribution in [0.2, 0.25) is 0 Å². The molecule has 0 saturated carbocycles. The highest BCUT2D eigenvalue weighted by molar-refractivity contribution is 5.82. The lowest BCUT2D eigenvalue weighted by atomic mass is 9.95. The van der Waals surface area contributed by atoms with Gasteiger partial charge in [-0.05, 0) is 55.5 Å². The molecule has 0 aliphatic carbocycles. The molecule has 0 unspecified atom stereocenters. The van der Waals surface area contributed by atoms with Crippen LogP contribution in [0, 0.1) is 20.8 Å². The van der Waals surface area contributed by atoms with E-state index in [1.807, 2.05) is 32.9 Å². The van der Waals surface area contributed by atoms with Crippen molar-refractivity contribution in [3.63, 3.8) is 0 Å². The zero-order chi connectivity index (χ0) is 18.1. The van der Waals surface area contributed by atoms with Crippen LogP contribution < -0.4 is 10.4 Å². The molecule has 0 fully saturated rings. The van der Waals surface area contributed by atoms with E-state index < -0.39 is 0 Å². The molecule has 0 spiro atoms. The molecule has 0 radical (unpaired) electrons. The van der Waals surface area contributed by atoms with Gasteiger partial charge in [-0.3, -0.25) is 0 Å². The molecule has 0 amide bonds. The van der Waals surface area contributed by atoms with Gasteiger partial charge in [0.25, 0.3) is 0 Å². The van der Waals surface area contributed by atoms with Crippen molar-refractivity contribution in [2.24, 2.45) is 0 Å². The summed E-state index contributed by atoms with van der Waals surface area (Å²) in [4.78, 5) is 11.9. The summed E-state index contributed by atoms with van der Waals surface area (Å²) in [5.74, 6) is 0.830. The SMILES string of the molecule is Cc1cc2oc(=O)cc(COc3cc(C)c(C)nn3)c2cc1C(C)C. The van der Waals surface area contributed by atoms with E-state index in [1.54, 1.807) is 0 Å². The number of hydrogen-bond acceptors (Lipinski definition) is 5. The second-order valence-electron chi connectivity index (χ2n) is 6.69. The van der Waals surface area contributed by atoms with Crippen LogP contribution in [0.1, 0.15) is 47.7 Å². The fourth-order valence-electron chi connectivity index (χ4n) is 2.88. The van der Waals surface area contributed by atoms with Crippen LogP contribution in [0.5, 0.6) is 5.88 Å². The predicted molar refractivity (Wildman–Crippen MR) is 97.1 cm³/mol. The molecule has 3 aromatic rings. The molecule has 0 N–H and O–H groups in total. The Kier molecular flexibility index (Phi) is 4.57. The van der Waals surface area contributed by atoms with Gasteiger partial charge in [0, 0.05) is 23.1 Å². The zero-order valence-corrected chi connectivity index (χ0v) is 15.2. The van der Waals surface area contributed by atoms with Crippen molar-refractivity contribution < 1.29 is 9.15 Å². The second kappa shape index (κ2) is 6.67. The third-order valence-electron chi connectivity index (χ3n) is 4.42. The van der Waals surface area contributed by atoms with Crippen LogP contribution >= 0.6 is 0 Å². The Balaban J connectivity index is 2.00. The van der Waals surface area contributed by atoms with E-state index in [1.165, 1.54) is 11.6 Å². The summed E-state index contributed by atoms with van der Waals surface area (Å²) in [5.41, 5.74) is 5.22.